The van der Waals surface area contributed by atoms with Crippen LogP contribution in [0.5, 0.6) is 5.75 Å². The molecule has 6 heteroatoms. The Kier molecular flexibility index (Phi) is 4.76. The molecule has 150 valence electrons. The molecule has 3 fully saturated rings. The monoisotopic (exact) mass is 408 g/mol. The standard InChI is InChI=1S/C23H24N2O3S/c26-29(27,21-4-2-1-3-5-21)22-14-18-13-20(6-7-23(18)24-15-22)28-16-19-12-17-8-10-25(19)11-9-17/h1-7,13-15,17,19H,8-12,16H2. The Balaban J connectivity index is 1.38. The van der Waals surface area contributed by atoms with Gasteiger partial charge in [0.25, 0.3) is 0 Å². The molecule has 3 aliphatic heterocycles. The van der Waals surface area contributed by atoms with Gasteiger partial charge in [-0.3, -0.25) is 9.88 Å². The number of fused-ring (bicyclic) bond motifs is 4. The van der Waals surface area contributed by atoms with Gasteiger partial charge in [0.1, 0.15) is 12.4 Å². The SMILES string of the molecule is O=S(=O)(c1ccccc1)c1cnc2ccc(OCC3CC4CCN3CC4)cc2c1. The van der Waals surface area contributed by atoms with Crippen LogP contribution >= 0.6 is 0 Å². The number of rotatable bonds is 5. The molecule has 2 bridgehead atoms. The lowest BCUT2D eigenvalue weighted by Gasteiger charge is -2.45. The Hall–Kier alpha value is -2.44. The van der Waals surface area contributed by atoms with Crippen LogP contribution in [0.3, 0.4) is 0 Å². The predicted molar refractivity (Wildman–Crippen MR) is 112 cm³/mol. The second-order valence-electron chi connectivity index (χ2n) is 8.02. The first-order chi connectivity index (χ1) is 14.1. The molecule has 29 heavy (non-hydrogen) atoms. The maximum absolute atomic E-state index is 12.9. The highest BCUT2D eigenvalue weighted by Gasteiger charge is 2.33. The van der Waals surface area contributed by atoms with Gasteiger partial charge in [0.2, 0.25) is 9.84 Å². The van der Waals surface area contributed by atoms with Gasteiger partial charge in [-0.05, 0) is 74.7 Å². The number of hydrogen-bond donors (Lipinski definition) is 0. The van der Waals surface area contributed by atoms with Crippen molar-refractivity contribution in [1.29, 1.82) is 0 Å². The van der Waals surface area contributed by atoms with E-state index in [4.69, 9.17) is 4.74 Å². The summed E-state index contributed by atoms with van der Waals surface area (Å²) >= 11 is 0. The van der Waals surface area contributed by atoms with E-state index in [0.29, 0.717) is 12.6 Å². The molecular formula is C23H24N2O3S. The second kappa shape index (κ2) is 7.43. The minimum atomic E-state index is -3.59. The molecule has 0 radical (unpaired) electrons. The fraction of sp³-hybridized carbons (Fsp3) is 0.348. The first-order valence-electron chi connectivity index (χ1n) is 10.2. The number of pyridine rings is 1. The van der Waals surface area contributed by atoms with Crippen LogP contribution in [0.1, 0.15) is 19.3 Å². The van der Waals surface area contributed by atoms with E-state index in [1.165, 1.54) is 38.5 Å². The quantitative estimate of drug-likeness (QED) is 0.640. The Bertz CT molecular complexity index is 1120. The summed E-state index contributed by atoms with van der Waals surface area (Å²) in [5.41, 5.74) is 0.754. The molecule has 3 aliphatic rings. The first-order valence-corrected chi connectivity index (χ1v) is 11.6. The molecule has 5 nitrogen and oxygen atoms in total. The van der Waals surface area contributed by atoms with Gasteiger partial charge in [0.05, 0.1) is 15.3 Å². The number of ether oxygens (including phenoxy) is 1. The summed E-state index contributed by atoms with van der Waals surface area (Å²) in [4.78, 5) is 7.36. The number of hydrogen-bond acceptors (Lipinski definition) is 5. The van der Waals surface area contributed by atoms with Gasteiger partial charge in [-0.15, -0.1) is 0 Å². The van der Waals surface area contributed by atoms with Crippen molar-refractivity contribution >= 4 is 20.7 Å². The van der Waals surface area contributed by atoms with Crippen molar-refractivity contribution < 1.29 is 13.2 Å². The van der Waals surface area contributed by atoms with Crippen LogP contribution in [0.15, 0.2) is 70.6 Å². The molecule has 2 aromatic carbocycles. The van der Waals surface area contributed by atoms with Crippen molar-refractivity contribution in [3.63, 3.8) is 0 Å². The van der Waals surface area contributed by atoms with E-state index in [1.807, 2.05) is 18.2 Å². The Morgan fingerprint density at radius 1 is 1.00 bits per heavy atom. The topological polar surface area (TPSA) is 59.5 Å². The van der Waals surface area contributed by atoms with E-state index in [9.17, 15) is 8.42 Å². The number of aromatic nitrogens is 1. The Morgan fingerprint density at radius 3 is 2.52 bits per heavy atom. The van der Waals surface area contributed by atoms with E-state index in [2.05, 4.69) is 9.88 Å². The van der Waals surface area contributed by atoms with Crippen molar-refractivity contribution in [3.05, 3.63) is 60.8 Å². The lowest BCUT2D eigenvalue weighted by molar-refractivity contribution is 0.0239. The van der Waals surface area contributed by atoms with E-state index < -0.39 is 9.84 Å². The van der Waals surface area contributed by atoms with Crippen LogP contribution in [-0.2, 0) is 9.84 Å². The summed E-state index contributed by atoms with van der Waals surface area (Å²) in [7, 11) is -3.59. The first kappa shape index (κ1) is 18.6. The molecule has 1 unspecified atom stereocenters. The zero-order chi connectivity index (χ0) is 19.8. The summed E-state index contributed by atoms with van der Waals surface area (Å²) < 4.78 is 31.9. The predicted octanol–water partition coefficient (Wildman–Crippen LogP) is 3.93. The molecule has 0 aliphatic carbocycles. The van der Waals surface area contributed by atoms with Crippen LogP contribution < -0.4 is 4.74 Å². The highest BCUT2D eigenvalue weighted by atomic mass is 32.2. The lowest BCUT2D eigenvalue weighted by Crippen LogP contribution is -2.51. The van der Waals surface area contributed by atoms with Crippen LogP contribution in [0, 0.1) is 5.92 Å². The average molecular weight is 409 g/mol. The molecule has 1 atom stereocenters. The lowest BCUT2D eigenvalue weighted by atomic mass is 9.83. The third kappa shape index (κ3) is 3.63. The van der Waals surface area contributed by atoms with Gasteiger partial charge in [-0.25, -0.2) is 8.42 Å². The summed E-state index contributed by atoms with van der Waals surface area (Å²) in [5.74, 6) is 1.61. The zero-order valence-electron chi connectivity index (χ0n) is 16.2. The molecule has 1 aromatic heterocycles. The van der Waals surface area contributed by atoms with Crippen molar-refractivity contribution in [2.24, 2.45) is 5.92 Å². The average Bonchev–Trinajstić information content (AvgIpc) is 2.78. The summed E-state index contributed by atoms with van der Waals surface area (Å²) in [5, 5.41) is 0.768. The van der Waals surface area contributed by atoms with E-state index in [1.54, 1.807) is 36.4 Å². The second-order valence-corrected chi connectivity index (χ2v) is 9.97. The van der Waals surface area contributed by atoms with Gasteiger partial charge < -0.3 is 4.74 Å². The molecular weight excluding hydrogens is 384 g/mol. The number of benzene rings is 2. The minimum Gasteiger partial charge on any atom is -0.492 e. The highest BCUT2D eigenvalue weighted by molar-refractivity contribution is 7.91. The normalized spacial score (nSPS) is 23.9. The van der Waals surface area contributed by atoms with E-state index in [-0.39, 0.29) is 9.79 Å². The van der Waals surface area contributed by atoms with Crippen LogP contribution in [0.25, 0.3) is 10.9 Å². The smallest absolute Gasteiger partial charge is 0.208 e. The van der Waals surface area contributed by atoms with Crippen molar-refractivity contribution in [1.82, 2.24) is 9.88 Å². The molecule has 0 N–H and O–H groups in total. The maximum atomic E-state index is 12.9. The molecule has 0 spiro atoms. The van der Waals surface area contributed by atoms with Gasteiger partial charge in [0.15, 0.2) is 0 Å². The summed E-state index contributed by atoms with van der Waals surface area (Å²) in [6, 6.07) is 16.3. The number of piperidine rings is 3. The van der Waals surface area contributed by atoms with E-state index in [0.717, 1.165) is 22.6 Å². The molecule has 0 amide bonds. The van der Waals surface area contributed by atoms with Crippen molar-refractivity contribution in [3.8, 4) is 5.75 Å². The van der Waals surface area contributed by atoms with Crippen molar-refractivity contribution in [2.75, 3.05) is 19.7 Å². The molecule has 4 heterocycles. The zero-order valence-corrected chi connectivity index (χ0v) is 17.0. The number of sulfone groups is 1. The third-order valence-electron chi connectivity index (χ3n) is 6.20. The van der Waals surface area contributed by atoms with Gasteiger partial charge >= 0.3 is 0 Å². The fourth-order valence-electron chi connectivity index (χ4n) is 4.52. The summed E-state index contributed by atoms with van der Waals surface area (Å²) in [6.45, 7) is 3.04. The van der Waals surface area contributed by atoms with Crippen LogP contribution in [0.2, 0.25) is 0 Å². The summed E-state index contributed by atoms with van der Waals surface area (Å²) in [6.07, 6.45) is 5.28. The van der Waals surface area contributed by atoms with Gasteiger partial charge in [0, 0.05) is 17.6 Å². The molecule has 3 aromatic rings. The third-order valence-corrected chi connectivity index (χ3v) is 7.94. The highest BCUT2D eigenvalue weighted by Crippen LogP contribution is 2.32. The molecule has 3 saturated heterocycles. The Morgan fingerprint density at radius 2 is 1.79 bits per heavy atom. The minimum absolute atomic E-state index is 0.198. The van der Waals surface area contributed by atoms with Gasteiger partial charge in [-0.2, -0.15) is 0 Å². The molecule has 6 rings (SSSR count). The van der Waals surface area contributed by atoms with Gasteiger partial charge in [-0.1, -0.05) is 18.2 Å². The Labute approximate surface area is 171 Å². The molecule has 0 saturated carbocycles. The van der Waals surface area contributed by atoms with Crippen LogP contribution in [-0.4, -0.2) is 44.0 Å². The maximum Gasteiger partial charge on any atom is 0.208 e. The van der Waals surface area contributed by atoms with Crippen molar-refractivity contribution in [2.45, 2.75) is 35.1 Å². The van der Waals surface area contributed by atoms with Crippen LogP contribution in [0.4, 0.5) is 0 Å². The largest absolute Gasteiger partial charge is 0.492 e. The fourth-order valence-corrected chi connectivity index (χ4v) is 5.78. The number of nitrogens with zero attached hydrogens (tertiary/aromatic N) is 2. The van der Waals surface area contributed by atoms with E-state index >= 15 is 0 Å².